The third-order valence-electron chi connectivity index (χ3n) is 3.50. The second-order valence-electron chi connectivity index (χ2n) is 5.57. The van der Waals surface area contributed by atoms with E-state index < -0.39 is 5.97 Å². The first-order chi connectivity index (χ1) is 11.4. The zero-order valence-electron chi connectivity index (χ0n) is 13.5. The number of nitrogens with zero attached hydrogens (tertiary/aromatic N) is 4. The third-order valence-corrected chi connectivity index (χ3v) is 4.41. The number of carboxylic acids is 1. The summed E-state index contributed by atoms with van der Waals surface area (Å²) in [5.74, 6) is -1.03. The van der Waals surface area contributed by atoms with Gasteiger partial charge in [0.05, 0.1) is 15.8 Å². The highest BCUT2D eigenvalue weighted by atomic mass is 32.1. The van der Waals surface area contributed by atoms with Crippen LogP contribution < -0.4 is 4.90 Å². The van der Waals surface area contributed by atoms with Gasteiger partial charge in [0.25, 0.3) is 0 Å². The Labute approximate surface area is 143 Å². The van der Waals surface area contributed by atoms with E-state index in [4.69, 9.17) is 0 Å². The zero-order valence-corrected chi connectivity index (χ0v) is 14.3. The molecule has 0 aliphatic carbocycles. The number of carboxylic acid groups (broad SMARTS) is 1. The fraction of sp³-hybridized carbons (Fsp3) is 0.176. The van der Waals surface area contributed by atoms with Crippen LogP contribution in [0.2, 0.25) is 0 Å². The van der Waals surface area contributed by atoms with Crippen molar-refractivity contribution in [3.8, 4) is 0 Å². The van der Waals surface area contributed by atoms with Crippen molar-refractivity contribution in [2.24, 2.45) is 10.2 Å². The van der Waals surface area contributed by atoms with Crippen molar-refractivity contribution in [1.82, 2.24) is 4.98 Å². The third kappa shape index (κ3) is 3.26. The number of aryl methyl sites for hydroxylation is 1. The molecule has 0 atom stereocenters. The van der Waals surface area contributed by atoms with Crippen molar-refractivity contribution in [2.75, 3.05) is 19.0 Å². The first-order valence-electron chi connectivity index (χ1n) is 7.27. The van der Waals surface area contributed by atoms with Crippen LogP contribution in [-0.4, -0.2) is 30.2 Å². The Kier molecular flexibility index (Phi) is 4.26. The van der Waals surface area contributed by atoms with E-state index in [1.165, 1.54) is 11.3 Å². The molecule has 0 spiro atoms. The second kappa shape index (κ2) is 6.37. The van der Waals surface area contributed by atoms with E-state index in [9.17, 15) is 9.90 Å². The van der Waals surface area contributed by atoms with Gasteiger partial charge in [-0.05, 0) is 42.8 Å². The number of aromatic nitrogens is 1. The lowest BCUT2D eigenvalue weighted by molar-refractivity contribution is 0.0698. The normalized spacial score (nSPS) is 11.3. The molecule has 0 bridgehead atoms. The van der Waals surface area contributed by atoms with E-state index in [1.807, 2.05) is 50.2 Å². The molecule has 24 heavy (non-hydrogen) atoms. The van der Waals surface area contributed by atoms with Gasteiger partial charge in [-0.2, -0.15) is 0 Å². The van der Waals surface area contributed by atoms with Crippen LogP contribution in [0, 0.1) is 6.92 Å². The number of aromatic carboxylic acids is 1. The van der Waals surface area contributed by atoms with Gasteiger partial charge in [0.2, 0.25) is 5.13 Å². The number of thiazole rings is 1. The molecule has 1 aromatic heterocycles. The number of azo groups is 1. The molecule has 0 amide bonds. The van der Waals surface area contributed by atoms with Crippen LogP contribution in [0.3, 0.4) is 0 Å². The minimum Gasteiger partial charge on any atom is -0.478 e. The lowest BCUT2D eigenvalue weighted by atomic mass is 10.1. The number of rotatable bonds is 4. The van der Waals surface area contributed by atoms with Gasteiger partial charge in [-0.15, -0.1) is 10.2 Å². The van der Waals surface area contributed by atoms with Crippen LogP contribution in [0.5, 0.6) is 0 Å². The van der Waals surface area contributed by atoms with Crippen LogP contribution in [0.4, 0.5) is 16.5 Å². The second-order valence-corrected chi connectivity index (χ2v) is 6.58. The van der Waals surface area contributed by atoms with E-state index in [0.717, 1.165) is 21.5 Å². The Balaban J connectivity index is 1.96. The highest BCUT2D eigenvalue weighted by Crippen LogP contribution is 2.31. The molecule has 0 fully saturated rings. The van der Waals surface area contributed by atoms with Gasteiger partial charge in [0.15, 0.2) is 0 Å². The van der Waals surface area contributed by atoms with Crippen molar-refractivity contribution in [1.29, 1.82) is 0 Å². The van der Waals surface area contributed by atoms with Gasteiger partial charge in [0, 0.05) is 19.8 Å². The van der Waals surface area contributed by atoms with Gasteiger partial charge in [-0.25, -0.2) is 9.78 Å². The Morgan fingerprint density at radius 2 is 1.96 bits per heavy atom. The number of hydrogen-bond donors (Lipinski definition) is 1. The van der Waals surface area contributed by atoms with Crippen LogP contribution in [0.25, 0.3) is 10.2 Å². The van der Waals surface area contributed by atoms with Crippen LogP contribution in [0.15, 0.2) is 46.6 Å². The highest BCUT2D eigenvalue weighted by molar-refractivity contribution is 7.21. The summed E-state index contributed by atoms with van der Waals surface area (Å²) in [4.78, 5) is 17.7. The largest absolute Gasteiger partial charge is 0.478 e. The molecule has 0 saturated heterocycles. The summed E-state index contributed by atoms with van der Waals surface area (Å²) in [6.07, 6.45) is 0. The van der Waals surface area contributed by atoms with E-state index >= 15 is 0 Å². The molecule has 0 radical (unpaired) electrons. The van der Waals surface area contributed by atoms with Crippen LogP contribution in [0.1, 0.15) is 15.9 Å². The maximum atomic E-state index is 11.5. The average Bonchev–Trinajstić information content (AvgIpc) is 2.94. The van der Waals surface area contributed by atoms with E-state index in [0.29, 0.717) is 10.8 Å². The first-order valence-corrected chi connectivity index (χ1v) is 8.09. The van der Waals surface area contributed by atoms with E-state index in [2.05, 4.69) is 15.2 Å². The Morgan fingerprint density at radius 3 is 2.67 bits per heavy atom. The molecule has 0 saturated carbocycles. The molecule has 3 aromatic rings. The maximum absolute atomic E-state index is 11.5. The molecule has 3 rings (SSSR count). The molecule has 6 nitrogen and oxygen atoms in total. The highest BCUT2D eigenvalue weighted by Gasteiger charge is 2.12. The zero-order chi connectivity index (χ0) is 17.3. The Bertz CT molecular complexity index is 947. The fourth-order valence-corrected chi connectivity index (χ4v) is 3.11. The van der Waals surface area contributed by atoms with Crippen molar-refractivity contribution in [3.63, 3.8) is 0 Å². The molecule has 7 heteroatoms. The minimum absolute atomic E-state index is 0.113. The van der Waals surface area contributed by atoms with E-state index in [-0.39, 0.29) is 5.56 Å². The lowest BCUT2D eigenvalue weighted by Gasteiger charge is -2.13. The standard InChI is InChI=1S/C17H16N4O2S/c1-10-4-6-14-15(8-10)24-17(18-14)20-19-13-7-5-11(21(2)3)9-12(13)16(22)23/h4-9H,1-3H3,(H,22,23). The number of hydrogen-bond acceptors (Lipinski definition) is 6. The average molecular weight is 340 g/mol. The number of carbonyl (C=O) groups is 1. The van der Waals surface area contributed by atoms with Crippen molar-refractivity contribution in [3.05, 3.63) is 47.5 Å². The van der Waals surface area contributed by atoms with Gasteiger partial charge in [-0.3, -0.25) is 0 Å². The Hall–Kier alpha value is -2.80. The minimum atomic E-state index is -1.03. The predicted octanol–water partition coefficient (Wildman–Crippen LogP) is 4.78. The van der Waals surface area contributed by atoms with Crippen LogP contribution >= 0.6 is 11.3 Å². The molecular weight excluding hydrogens is 324 g/mol. The number of benzene rings is 2. The van der Waals surface area contributed by atoms with Crippen molar-refractivity contribution >= 4 is 44.0 Å². The summed E-state index contributed by atoms with van der Waals surface area (Å²) in [5, 5.41) is 18.1. The molecule has 0 aliphatic heterocycles. The van der Waals surface area contributed by atoms with Crippen molar-refractivity contribution < 1.29 is 9.90 Å². The molecule has 122 valence electrons. The lowest BCUT2D eigenvalue weighted by Crippen LogP contribution is -2.09. The van der Waals surface area contributed by atoms with Gasteiger partial charge < -0.3 is 10.0 Å². The predicted molar refractivity (Wildman–Crippen MR) is 96.3 cm³/mol. The molecule has 0 aliphatic rings. The molecule has 2 aromatic carbocycles. The summed E-state index contributed by atoms with van der Waals surface area (Å²) in [5.41, 5.74) is 3.23. The van der Waals surface area contributed by atoms with Crippen molar-refractivity contribution in [2.45, 2.75) is 6.92 Å². The topological polar surface area (TPSA) is 78.2 Å². The molecular formula is C17H16N4O2S. The summed E-state index contributed by atoms with van der Waals surface area (Å²) in [7, 11) is 3.70. The van der Waals surface area contributed by atoms with Gasteiger partial charge in [-0.1, -0.05) is 17.4 Å². The van der Waals surface area contributed by atoms with E-state index in [1.54, 1.807) is 12.1 Å². The first kappa shape index (κ1) is 16.1. The van der Waals surface area contributed by atoms with Gasteiger partial charge >= 0.3 is 5.97 Å². The fourth-order valence-electron chi connectivity index (χ4n) is 2.22. The summed E-state index contributed by atoms with van der Waals surface area (Å²) in [6, 6.07) is 11.0. The van der Waals surface area contributed by atoms with Gasteiger partial charge in [0.1, 0.15) is 5.69 Å². The molecule has 1 heterocycles. The maximum Gasteiger partial charge on any atom is 0.338 e. The summed E-state index contributed by atoms with van der Waals surface area (Å²) < 4.78 is 1.03. The summed E-state index contributed by atoms with van der Waals surface area (Å²) >= 11 is 1.43. The smallest absolute Gasteiger partial charge is 0.338 e. The Morgan fingerprint density at radius 1 is 1.17 bits per heavy atom. The molecule has 1 N–H and O–H groups in total. The SMILES string of the molecule is Cc1ccc2nc(N=Nc3ccc(N(C)C)cc3C(=O)O)sc2c1. The quantitative estimate of drug-likeness (QED) is 0.693. The monoisotopic (exact) mass is 340 g/mol. The number of fused-ring (bicyclic) bond motifs is 1. The summed E-state index contributed by atoms with van der Waals surface area (Å²) in [6.45, 7) is 2.02. The van der Waals surface area contributed by atoms with Crippen LogP contribution in [-0.2, 0) is 0 Å². The number of anilines is 1. The molecule has 0 unspecified atom stereocenters.